The van der Waals surface area contributed by atoms with Gasteiger partial charge in [0.1, 0.15) is 0 Å². The van der Waals surface area contributed by atoms with E-state index in [9.17, 15) is 0 Å². The maximum atomic E-state index is 6.13. The van der Waals surface area contributed by atoms with Crippen molar-refractivity contribution in [2.75, 3.05) is 0 Å². The van der Waals surface area contributed by atoms with E-state index in [0.717, 1.165) is 38.5 Å². The molecule has 0 bridgehead atoms. The molecule has 0 radical (unpaired) electrons. The summed E-state index contributed by atoms with van der Waals surface area (Å²) in [5, 5.41) is 0. The summed E-state index contributed by atoms with van der Waals surface area (Å²) >= 11 is 0. The van der Waals surface area contributed by atoms with E-state index in [1.165, 1.54) is 0 Å². The molecule has 1 aliphatic rings. The van der Waals surface area contributed by atoms with Crippen molar-refractivity contribution in [2.24, 2.45) is 17.8 Å². The Hall–Kier alpha value is -0.120. The van der Waals surface area contributed by atoms with Crippen LogP contribution < -0.4 is 0 Å². The molecule has 0 spiro atoms. The van der Waals surface area contributed by atoms with Crippen LogP contribution in [0, 0.1) is 17.8 Å². The summed E-state index contributed by atoms with van der Waals surface area (Å²) < 4.78 is 18.4. The van der Waals surface area contributed by atoms with Gasteiger partial charge in [-0.25, -0.2) is 0 Å². The molecule has 126 valence electrons. The van der Waals surface area contributed by atoms with Crippen molar-refractivity contribution in [3.63, 3.8) is 0 Å². The van der Waals surface area contributed by atoms with Gasteiger partial charge in [0.25, 0.3) is 0 Å². The smallest absolute Gasteiger partial charge is 0.166 e. The first-order chi connectivity index (χ1) is 10.0. The predicted octanol–water partition coefficient (Wildman–Crippen LogP) is 5.34. The highest BCUT2D eigenvalue weighted by Gasteiger charge is 2.37. The highest BCUT2D eigenvalue weighted by Crippen LogP contribution is 2.32. The third-order valence-electron chi connectivity index (χ3n) is 4.43. The van der Waals surface area contributed by atoms with Gasteiger partial charge in [-0.3, -0.25) is 0 Å². The normalized spacial score (nSPS) is 30.9. The van der Waals surface area contributed by atoms with Crippen LogP contribution in [0.5, 0.6) is 0 Å². The minimum absolute atomic E-state index is 0.118. The number of hydrogen-bond donors (Lipinski definition) is 0. The lowest BCUT2D eigenvalue weighted by atomic mass is 10.0. The summed E-state index contributed by atoms with van der Waals surface area (Å²) in [6, 6.07) is 0. The summed E-state index contributed by atoms with van der Waals surface area (Å²) in [4.78, 5) is 0. The lowest BCUT2D eigenvalue weighted by Gasteiger charge is -2.42. The van der Waals surface area contributed by atoms with E-state index in [0.29, 0.717) is 17.8 Å². The molecule has 0 aromatic rings. The minimum atomic E-state index is -0.118. The van der Waals surface area contributed by atoms with E-state index < -0.39 is 0 Å². The zero-order valence-corrected chi connectivity index (χ0v) is 14.9. The molecular formula is C18H36O3. The quantitative estimate of drug-likeness (QED) is 0.575. The number of hydrogen-bond acceptors (Lipinski definition) is 3. The average Bonchev–Trinajstić information content (AvgIpc) is 2.47. The predicted molar refractivity (Wildman–Crippen MR) is 86.8 cm³/mol. The minimum Gasteiger partial charge on any atom is -0.323 e. The van der Waals surface area contributed by atoms with Crippen LogP contribution in [0.15, 0.2) is 0 Å². The Bertz CT molecular complexity index is 220. The molecule has 3 nitrogen and oxygen atoms in total. The van der Waals surface area contributed by atoms with E-state index in [1.807, 2.05) is 0 Å². The molecule has 3 unspecified atom stereocenters. The Balaban J connectivity index is 2.72. The number of rotatable bonds is 9. The SMILES string of the molecule is CCCC(C)C1OC(C(C)CCC)OC(C(C)CCC)O1. The molecule has 1 aliphatic heterocycles. The zero-order valence-electron chi connectivity index (χ0n) is 14.9. The summed E-state index contributed by atoms with van der Waals surface area (Å²) in [5.74, 6) is 1.27. The Labute approximate surface area is 131 Å². The topological polar surface area (TPSA) is 27.7 Å². The molecule has 0 amide bonds. The standard InChI is InChI=1S/C18H36O3/c1-7-10-13(4)16-19-17(14(5)11-8-2)21-18(20-16)15(6)12-9-3/h13-18H,7-12H2,1-6H3. The van der Waals surface area contributed by atoms with Gasteiger partial charge in [0.05, 0.1) is 0 Å². The van der Waals surface area contributed by atoms with Crippen molar-refractivity contribution in [3.05, 3.63) is 0 Å². The molecule has 1 heterocycles. The highest BCUT2D eigenvalue weighted by atomic mass is 16.9. The van der Waals surface area contributed by atoms with Gasteiger partial charge in [0, 0.05) is 17.8 Å². The van der Waals surface area contributed by atoms with Gasteiger partial charge < -0.3 is 14.2 Å². The third-order valence-corrected chi connectivity index (χ3v) is 4.43. The van der Waals surface area contributed by atoms with Crippen LogP contribution in [-0.4, -0.2) is 18.9 Å². The van der Waals surface area contributed by atoms with Gasteiger partial charge >= 0.3 is 0 Å². The molecule has 0 aliphatic carbocycles. The molecule has 1 saturated heterocycles. The van der Waals surface area contributed by atoms with Crippen LogP contribution in [0.1, 0.15) is 80.1 Å². The third kappa shape index (κ3) is 5.88. The lowest BCUT2D eigenvalue weighted by molar-refractivity contribution is -0.412. The van der Waals surface area contributed by atoms with Crippen LogP contribution >= 0.6 is 0 Å². The maximum Gasteiger partial charge on any atom is 0.166 e. The molecule has 21 heavy (non-hydrogen) atoms. The first-order valence-electron chi connectivity index (χ1n) is 8.99. The molecule has 0 aromatic carbocycles. The van der Waals surface area contributed by atoms with Gasteiger partial charge in [-0.2, -0.15) is 0 Å². The molecule has 0 aromatic heterocycles. The molecule has 0 saturated carbocycles. The Kier molecular flexibility index (Phi) is 8.84. The van der Waals surface area contributed by atoms with Gasteiger partial charge in [0.2, 0.25) is 0 Å². The highest BCUT2D eigenvalue weighted by molar-refractivity contribution is 4.70. The van der Waals surface area contributed by atoms with E-state index in [1.54, 1.807) is 0 Å². The molecule has 0 N–H and O–H groups in total. The van der Waals surface area contributed by atoms with Crippen LogP contribution in [0.3, 0.4) is 0 Å². The van der Waals surface area contributed by atoms with Crippen molar-refractivity contribution in [2.45, 2.75) is 98.9 Å². The lowest BCUT2D eigenvalue weighted by Crippen LogP contribution is -2.48. The first kappa shape index (κ1) is 18.9. The van der Waals surface area contributed by atoms with Crippen molar-refractivity contribution in [3.8, 4) is 0 Å². The van der Waals surface area contributed by atoms with E-state index in [2.05, 4.69) is 41.5 Å². The van der Waals surface area contributed by atoms with Crippen LogP contribution in [0.25, 0.3) is 0 Å². The second-order valence-electron chi connectivity index (χ2n) is 6.81. The summed E-state index contributed by atoms with van der Waals surface area (Å²) in [5.41, 5.74) is 0. The van der Waals surface area contributed by atoms with Crippen LogP contribution in [-0.2, 0) is 14.2 Å². The molecular weight excluding hydrogens is 264 g/mol. The fourth-order valence-electron chi connectivity index (χ4n) is 3.07. The second-order valence-corrected chi connectivity index (χ2v) is 6.81. The number of ether oxygens (including phenoxy) is 3. The average molecular weight is 300 g/mol. The Morgan fingerprint density at radius 2 is 0.810 bits per heavy atom. The van der Waals surface area contributed by atoms with Crippen molar-refractivity contribution in [1.82, 2.24) is 0 Å². The van der Waals surface area contributed by atoms with E-state index in [-0.39, 0.29) is 18.9 Å². The molecule has 3 atom stereocenters. The van der Waals surface area contributed by atoms with Gasteiger partial charge in [-0.05, 0) is 19.3 Å². The van der Waals surface area contributed by atoms with Crippen molar-refractivity contribution >= 4 is 0 Å². The Morgan fingerprint density at radius 1 is 0.571 bits per heavy atom. The zero-order chi connectivity index (χ0) is 15.8. The Morgan fingerprint density at radius 3 is 1.00 bits per heavy atom. The van der Waals surface area contributed by atoms with Crippen LogP contribution in [0.4, 0.5) is 0 Å². The summed E-state index contributed by atoms with van der Waals surface area (Å²) in [6.07, 6.45) is 6.53. The van der Waals surface area contributed by atoms with E-state index >= 15 is 0 Å². The fourth-order valence-corrected chi connectivity index (χ4v) is 3.07. The van der Waals surface area contributed by atoms with Gasteiger partial charge in [0.15, 0.2) is 18.9 Å². The summed E-state index contributed by atoms with van der Waals surface area (Å²) in [6.45, 7) is 13.3. The van der Waals surface area contributed by atoms with Crippen LogP contribution in [0.2, 0.25) is 0 Å². The summed E-state index contributed by atoms with van der Waals surface area (Å²) in [7, 11) is 0. The maximum absolute atomic E-state index is 6.13. The molecule has 3 heteroatoms. The van der Waals surface area contributed by atoms with Gasteiger partial charge in [-0.15, -0.1) is 0 Å². The molecule has 1 fully saturated rings. The van der Waals surface area contributed by atoms with Crippen molar-refractivity contribution < 1.29 is 14.2 Å². The monoisotopic (exact) mass is 300 g/mol. The fraction of sp³-hybridized carbons (Fsp3) is 1.00. The van der Waals surface area contributed by atoms with Crippen molar-refractivity contribution in [1.29, 1.82) is 0 Å². The molecule has 1 rings (SSSR count). The second kappa shape index (κ2) is 9.81. The van der Waals surface area contributed by atoms with E-state index in [4.69, 9.17) is 14.2 Å². The van der Waals surface area contributed by atoms with Gasteiger partial charge in [-0.1, -0.05) is 60.8 Å². The largest absolute Gasteiger partial charge is 0.323 e. The first-order valence-corrected chi connectivity index (χ1v) is 8.99.